The molecule has 1 aliphatic heterocycles. The standard InChI is InChI=1S/C9H14N6.2ClH/c1-15(2)9-12-4-3-7(14-9)13-8-10-5-6-11-8;;/h3-4H,5-6H2,1-2H3,(H2,10,11,12,13,14);2*1H. The Morgan fingerprint density at radius 3 is 2.71 bits per heavy atom. The summed E-state index contributed by atoms with van der Waals surface area (Å²) < 4.78 is 0. The Labute approximate surface area is 113 Å². The lowest BCUT2D eigenvalue weighted by Crippen LogP contribution is -2.27. The van der Waals surface area contributed by atoms with Crippen molar-refractivity contribution in [3.05, 3.63) is 12.3 Å². The van der Waals surface area contributed by atoms with Gasteiger partial charge in [0, 0.05) is 26.8 Å². The van der Waals surface area contributed by atoms with Gasteiger partial charge in [-0.05, 0) is 6.07 Å². The normalized spacial score (nSPS) is 12.7. The van der Waals surface area contributed by atoms with Crippen LogP contribution in [0.4, 0.5) is 11.8 Å². The molecule has 2 heterocycles. The summed E-state index contributed by atoms with van der Waals surface area (Å²) in [5, 5.41) is 6.22. The first-order chi connectivity index (χ1) is 7.25. The number of nitrogens with one attached hydrogen (secondary N) is 2. The Hall–Kier alpha value is -1.27. The molecule has 0 bridgehead atoms. The van der Waals surface area contributed by atoms with Crippen molar-refractivity contribution in [1.82, 2.24) is 15.3 Å². The minimum Gasteiger partial charge on any atom is -0.354 e. The second-order valence-electron chi connectivity index (χ2n) is 3.42. The number of rotatable bonds is 2. The number of hydrogen-bond donors (Lipinski definition) is 2. The Kier molecular flexibility index (Phi) is 6.60. The molecule has 0 fully saturated rings. The van der Waals surface area contributed by atoms with Gasteiger partial charge in [-0.3, -0.25) is 4.99 Å². The van der Waals surface area contributed by atoms with E-state index in [1.807, 2.05) is 25.1 Å². The molecule has 0 unspecified atom stereocenters. The van der Waals surface area contributed by atoms with Gasteiger partial charge in [-0.1, -0.05) is 0 Å². The molecule has 0 radical (unpaired) electrons. The minimum absolute atomic E-state index is 0. The minimum atomic E-state index is 0. The number of hydrogen-bond acceptors (Lipinski definition) is 6. The smallest absolute Gasteiger partial charge is 0.226 e. The molecule has 0 saturated carbocycles. The summed E-state index contributed by atoms with van der Waals surface area (Å²) in [5.74, 6) is 2.21. The highest BCUT2D eigenvalue weighted by Crippen LogP contribution is 2.07. The van der Waals surface area contributed by atoms with E-state index in [4.69, 9.17) is 0 Å². The van der Waals surface area contributed by atoms with Gasteiger partial charge in [0.05, 0.1) is 6.54 Å². The zero-order valence-corrected chi connectivity index (χ0v) is 11.3. The molecule has 6 nitrogen and oxygen atoms in total. The van der Waals surface area contributed by atoms with Crippen molar-refractivity contribution >= 4 is 42.5 Å². The number of anilines is 2. The summed E-state index contributed by atoms with van der Waals surface area (Å²) in [6.07, 6.45) is 1.72. The second-order valence-corrected chi connectivity index (χ2v) is 3.42. The monoisotopic (exact) mass is 278 g/mol. The van der Waals surface area contributed by atoms with Crippen LogP contribution in [-0.4, -0.2) is 43.1 Å². The lowest BCUT2D eigenvalue weighted by Gasteiger charge is -2.11. The molecule has 0 aliphatic carbocycles. The molecule has 1 aliphatic rings. The number of nitrogens with zero attached hydrogens (tertiary/aromatic N) is 4. The van der Waals surface area contributed by atoms with E-state index < -0.39 is 0 Å². The third-order valence-corrected chi connectivity index (χ3v) is 1.96. The summed E-state index contributed by atoms with van der Waals surface area (Å²) in [6.45, 7) is 1.70. The molecule has 0 amide bonds. The molecule has 0 aromatic carbocycles. The lowest BCUT2D eigenvalue weighted by molar-refractivity contribution is 0.957. The van der Waals surface area contributed by atoms with Gasteiger partial charge in [0.1, 0.15) is 5.82 Å². The van der Waals surface area contributed by atoms with Crippen LogP contribution in [0, 0.1) is 0 Å². The van der Waals surface area contributed by atoms with Crippen LogP contribution in [0.1, 0.15) is 0 Å². The zero-order valence-electron chi connectivity index (χ0n) is 9.67. The fraction of sp³-hybridized carbons (Fsp3) is 0.444. The molecule has 2 rings (SSSR count). The maximum atomic E-state index is 4.32. The quantitative estimate of drug-likeness (QED) is 0.836. The van der Waals surface area contributed by atoms with Crippen LogP contribution in [0.5, 0.6) is 0 Å². The molecule has 0 atom stereocenters. The van der Waals surface area contributed by atoms with Crippen LogP contribution in [-0.2, 0) is 0 Å². The van der Waals surface area contributed by atoms with E-state index in [1.165, 1.54) is 0 Å². The van der Waals surface area contributed by atoms with Crippen molar-refractivity contribution in [3.8, 4) is 0 Å². The van der Waals surface area contributed by atoms with Gasteiger partial charge in [0.2, 0.25) is 5.95 Å². The Morgan fingerprint density at radius 1 is 1.35 bits per heavy atom. The third-order valence-electron chi connectivity index (χ3n) is 1.96. The maximum Gasteiger partial charge on any atom is 0.226 e. The SMILES string of the molecule is CN(C)c1nccc(NC2=NCCN2)n1.Cl.Cl. The molecule has 1 aromatic heterocycles. The predicted molar refractivity (Wildman–Crippen MR) is 74.8 cm³/mol. The fourth-order valence-corrected chi connectivity index (χ4v) is 1.24. The number of halogens is 2. The van der Waals surface area contributed by atoms with E-state index >= 15 is 0 Å². The van der Waals surface area contributed by atoms with Crippen LogP contribution in [0.25, 0.3) is 0 Å². The number of aliphatic imine (C=N–C) groups is 1. The molecule has 8 heteroatoms. The summed E-state index contributed by atoms with van der Waals surface area (Å²) in [5.41, 5.74) is 0. The van der Waals surface area contributed by atoms with Crippen LogP contribution in [0.2, 0.25) is 0 Å². The third kappa shape index (κ3) is 4.24. The zero-order chi connectivity index (χ0) is 10.7. The summed E-state index contributed by atoms with van der Waals surface area (Å²) >= 11 is 0. The van der Waals surface area contributed by atoms with Crippen LogP contribution < -0.4 is 15.5 Å². The molecular weight excluding hydrogens is 263 g/mol. The van der Waals surface area contributed by atoms with E-state index in [-0.39, 0.29) is 24.8 Å². The largest absolute Gasteiger partial charge is 0.354 e. The highest BCUT2D eigenvalue weighted by Gasteiger charge is 2.06. The topological polar surface area (TPSA) is 65.4 Å². The van der Waals surface area contributed by atoms with Crippen molar-refractivity contribution in [2.24, 2.45) is 4.99 Å². The Balaban J connectivity index is 0.00000128. The van der Waals surface area contributed by atoms with E-state index in [0.717, 1.165) is 24.9 Å². The highest BCUT2D eigenvalue weighted by atomic mass is 35.5. The Bertz CT molecular complexity index is 382. The summed E-state index contributed by atoms with van der Waals surface area (Å²) in [6, 6.07) is 1.82. The van der Waals surface area contributed by atoms with Crippen molar-refractivity contribution in [3.63, 3.8) is 0 Å². The van der Waals surface area contributed by atoms with E-state index in [9.17, 15) is 0 Å². The van der Waals surface area contributed by atoms with Gasteiger partial charge in [0.15, 0.2) is 5.96 Å². The van der Waals surface area contributed by atoms with E-state index in [0.29, 0.717) is 5.95 Å². The van der Waals surface area contributed by atoms with Gasteiger partial charge >= 0.3 is 0 Å². The van der Waals surface area contributed by atoms with Crippen LogP contribution in [0.15, 0.2) is 17.3 Å². The van der Waals surface area contributed by atoms with Gasteiger partial charge < -0.3 is 15.5 Å². The summed E-state index contributed by atoms with van der Waals surface area (Å²) in [7, 11) is 3.81. The predicted octanol–water partition coefficient (Wildman–Crippen LogP) is 0.757. The molecular formula is C9H16Cl2N6. The van der Waals surface area contributed by atoms with Crippen molar-refractivity contribution in [2.75, 3.05) is 37.4 Å². The number of guanidine groups is 1. The van der Waals surface area contributed by atoms with Crippen LogP contribution >= 0.6 is 24.8 Å². The molecule has 17 heavy (non-hydrogen) atoms. The van der Waals surface area contributed by atoms with Crippen molar-refractivity contribution in [1.29, 1.82) is 0 Å². The first kappa shape index (κ1) is 15.7. The molecule has 1 aromatic rings. The van der Waals surface area contributed by atoms with Gasteiger partial charge in [-0.25, -0.2) is 4.98 Å². The second kappa shape index (κ2) is 7.13. The fourth-order valence-electron chi connectivity index (χ4n) is 1.24. The van der Waals surface area contributed by atoms with Gasteiger partial charge in [0.25, 0.3) is 0 Å². The Morgan fingerprint density at radius 2 is 2.12 bits per heavy atom. The molecule has 2 N–H and O–H groups in total. The first-order valence-electron chi connectivity index (χ1n) is 4.81. The van der Waals surface area contributed by atoms with Gasteiger partial charge in [-0.15, -0.1) is 24.8 Å². The highest BCUT2D eigenvalue weighted by molar-refractivity contribution is 5.93. The van der Waals surface area contributed by atoms with Gasteiger partial charge in [-0.2, -0.15) is 4.98 Å². The molecule has 96 valence electrons. The van der Waals surface area contributed by atoms with Crippen molar-refractivity contribution in [2.45, 2.75) is 0 Å². The first-order valence-corrected chi connectivity index (χ1v) is 4.81. The average Bonchev–Trinajstić information content (AvgIpc) is 2.71. The average molecular weight is 279 g/mol. The van der Waals surface area contributed by atoms with E-state index in [2.05, 4.69) is 25.6 Å². The molecule has 0 saturated heterocycles. The van der Waals surface area contributed by atoms with Crippen molar-refractivity contribution < 1.29 is 0 Å². The maximum absolute atomic E-state index is 4.32. The number of aromatic nitrogens is 2. The van der Waals surface area contributed by atoms with Crippen LogP contribution in [0.3, 0.4) is 0 Å². The summed E-state index contributed by atoms with van der Waals surface area (Å²) in [4.78, 5) is 14.5. The molecule has 0 spiro atoms. The van der Waals surface area contributed by atoms with E-state index in [1.54, 1.807) is 6.20 Å². The lowest BCUT2D eigenvalue weighted by atomic mass is 10.5.